The zero-order valence-electron chi connectivity index (χ0n) is 13.9. The second kappa shape index (κ2) is 7.49. The lowest BCUT2D eigenvalue weighted by Crippen LogP contribution is -1.94. The molecule has 0 radical (unpaired) electrons. The van der Waals surface area contributed by atoms with Crippen molar-refractivity contribution < 1.29 is 24.1 Å². The lowest BCUT2D eigenvalue weighted by atomic mass is 10.2. The van der Waals surface area contributed by atoms with Crippen molar-refractivity contribution in [3.8, 4) is 40.2 Å². The summed E-state index contributed by atoms with van der Waals surface area (Å²) >= 11 is 0. The third kappa shape index (κ3) is 3.77. The fourth-order valence-electron chi connectivity index (χ4n) is 2.30. The van der Waals surface area contributed by atoms with Gasteiger partial charge in [0, 0.05) is 6.07 Å². The number of phenols is 1. The lowest BCUT2D eigenvalue weighted by Gasteiger charge is -2.15. The van der Waals surface area contributed by atoms with E-state index in [0.29, 0.717) is 34.5 Å². The minimum atomic E-state index is 0.0669. The van der Waals surface area contributed by atoms with Crippen LogP contribution < -0.4 is 18.9 Å². The van der Waals surface area contributed by atoms with Crippen LogP contribution in [0.25, 0.3) is 0 Å². The molecular formula is C20H18O5. The monoisotopic (exact) mass is 338 g/mol. The highest BCUT2D eigenvalue weighted by Crippen LogP contribution is 2.41. The molecule has 0 heterocycles. The maximum absolute atomic E-state index is 9.82. The molecule has 0 aromatic heterocycles. The van der Waals surface area contributed by atoms with Gasteiger partial charge in [-0.2, -0.15) is 0 Å². The third-order valence-corrected chi connectivity index (χ3v) is 3.51. The maximum atomic E-state index is 9.82. The second-order valence-corrected chi connectivity index (χ2v) is 5.14. The quantitative estimate of drug-likeness (QED) is 0.686. The molecule has 128 valence electrons. The Morgan fingerprint density at radius 3 is 1.52 bits per heavy atom. The molecule has 1 N–H and O–H groups in total. The van der Waals surface area contributed by atoms with E-state index < -0.39 is 0 Å². The van der Waals surface area contributed by atoms with E-state index in [0.717, 1.165) is 0 Å². The molecule has 25 heavy (non-hydrogen) atoms. The molecule has 3 aromatic rings. The summed E-state index contributed by atoms with van der Waals surface area (Å²) in [5.74, 6) is 3.09. The van der Waals surface area contributed by atoms with E-state index >= 15 is 0 Å². The number of rotatable bonds is 6. The van der Waals surface area contributed by atoms with E-state index in [4.69, 9.17) is 18.9 Å². The number of benzene rings is 3. The van der Waals surface area contributed by atoms with Gasteiger partial charge in [0.1, 0.15) is 5.75 Å². The summed E-state index contributed by atoms with van der Waals surface area (Å²) in [6.45, 7) is 0. The number of aromatic hydroxyl groups is 1. The first-order chi connectivity index (χ1) is 12.2. The van der Waals surface area contributed by atoms with Crippen molar-refractivity contribution >= 4 is 0 Å². The molecule has 0 aliphatic rings. The molecular weight excluding hydrogens is 320 g/mol. The van der Waals surface area contributed by atoms with Crippen LogP contribution in [0.5, 0.6) is 40.2 Å². The highest BCUT2D eigenvalue weighted by Gasteiger charge is 2.13. The van der Waals surface area contributed by atoms with E-state index in [1.807, 2.05) is 24.3 Å². The number of para-hydroxylation sites is 4. The molecule has 0 spiro atoms. The van der Waals surface area contributed by atoms with Crippen molar-refractivity contribution in [3.63, 3.8) is 0 Å². The average Bonchev–Trinajstić information content (AvgIpc) is 2.65. The van der Waals surface area contributed by atoms with E-state index in [2.05, 4.69) is 0 Å². The van der Waals surface area contributed by atoms with Crippen molar-refractivity contribution in [2.24, 2.45) is 0 Å². The minimum absolute atomic E-state index is 0.0669. The fourth-order valence-corrected chi connectivity index (χ4v) is 2.30. The molecule has 5 heteroatoms. The second-order valence-electron chi connectivity index (χ2n) is 5.14. The Hall–Kier alpha value is -3.34. The Kier molecular flexibility index (Phi) is 4.95. The smallest absolute Gasteiger partial charge is 0.173 e. The van der Waals surface area contributed by atoms with Gasteiger partial charge in [-0.3, -0.25) is 0 Å². The zero-order chi connectivity index (χ0) is 17.6. The van der Waals surface area contributed by atoms with Crippen molar-refractivity contribution in [1.29, 1.82) is 0 Å². The number of phenolic OH excluding ortho intramolecular Hbond substituents is 1. The lowest BCUT2D eigenvalue weighted by molar-refractivity contribution is 0.355. The van der Waals surface area contributed by atoms with Crippen LogP contribution in [0.3, 0.4) is 0 Å². The van der Waals surface area contributed by atoms with Crippen LogP contribution in [0, 0.1) is 0 Å². The maximum Gasteiger partial charge on any atom is 0.173 e. The van der Waals surface area contributed by atoms with Gasteiger partial charge in [-0.1, -0.05) is 24.3 Å². The van der Waals surface area contributed by atoms with Crippen LogP contribution in [0.1, 0.15) is 0 Å². The van der Waals surface area contributed by atoms with Crippen molar-refractivity contribution in [2.75, 3.05) is 14.2 Å². The molecule has 0 saturated heterocycles. The van der Waals surface area contributed by atoms with E-state index in [9.17, 15) is 5.11 Å². The molecule has 0 aliphatic heterocycles. The van der Waals surface area contributed by atoms with Gasteiger partial charge in [0.25, 0.3) is 0 Å². The molecule has 0 atom stereocenters. The first-order valence-corrected chi connectivity index (χ1v) is 7.66. The molecule has 0 amide bonds. The third-order valence-electron chi connectivity index (χ3n) is 3.51. The summed E-state index contributed by atoms with van der Waals surface area (Å²) in [5, 5.41) is 9.82. The standard InChI is InChI=1S/C20H18O5/c1-22-15-7-3-5-9-17(15)24-19-12-11-14(21)13-20(19)25-18-10-6-4-8-16(18)23-2/h3-13,21H,1-2H3. The normalized spacial score (nSPS) is 10.2. The van der Waals surface area contributed by atoms with Crippen LogP contribution in [-0.4, -0.2) is 19.3 Å². The van der Waals surface area contributed by atoms with Crippen LogP contribution >= 0.6 is 0 Å². The first-order valence-electron chi connectivity index (χ1n) is 7.66. The average molecular weight is 338 g/mol. The Balaban J connectivity index is 1.96. The topological polar surface area (TPSA) is 57.2 Å². The SMILES string of the molecule is COc1ccccc1Oc1ccc(O)cc1Oc1ccccc1OC. The van der Waals surface area contributed by atoms with E-state index in [1.165, 1.54) is 12.1 Å². The molecule has 5 nitrogen and oxygen atoms in total. The number of methoxy groups -OCH3 is 2. The van der Waals surface area contributed by atoms with Crippen molar-refractivity contribution in [1.82, 2.24) is 0 Å². The summed E-state index contributed by atoms with van der Waals surface area (Å²) in [5.41, 5.74) is 0. The number of ether oxygens (including phenoxy) is 4. The van der Waals surface area contributed by atoms with E-state index in [1.54, 1.807) is 44.6 Å². The van der Waals surface area contributed by atoms with Crippen LogP contribution in [0.4, 0.5) is 0 Å². The summed E-state index contributed by atoms with van der Waals surface area (Å²) < 4.78 is 22.4. The largest absolute Gasteiger partial charge is 0.508 e. The van der Waals surface area contributed by atoms with Gasteiger partial charge in [0.15, 0.2) is 34.5 Å². The van der Waals surface area contributed by atoms with Crippen molar-refractivity contribution in [2.45, 2.75) is 0 Å². The molecule has 0 saturated carbocycles. The van der Waals surface area contributed by atoms with Gasteiger partial charge in [-0.05, 0) is 36.4 Å². The van der Waals surface area contributed by atoms with E-state index in [-0.39, 0.29) is 5.75 Å². The van der Waals surface area contributed by atoms with Gasteiger partial charge in [0.05, 0.1) is 14.2 Å². The highest BCUT2D eigenvalue weighted by molar-refractivity contribution is 5.52. The van der Waals surface area contributed by atoms with Gasteiger partial charge in [-0.25, -0.2) is 0 Å². The van der Waals surface area contributed by atoms with Gasteiger partial charge >= 0.3 is 0 Å². The molecule has 0 aliphatic carbocycles. The molecule has 0 bridgehead atoms. The molecule has 0 unspecified atom stereocenters. The summed E-state index contributed by atoms with van der Waals surface area (Å²) in [7, 11) is 3.14. The van der Waals surface area contributed by atoms with Crippen LogP contribution in [0.2, 0.25) is 0 Å². The van der Waals surface area contributed by atoms with Crippen LogP contribution in [0.15, 0.2) is 66.7 Å². The molecule has 3 aromatic carbocycles. The Morgan fingerprint density at radius 1 is 0.560 bits per heavy atom. The van der Waals surface area contributed by atoms with Gasteiger partial charge in [0.2, 0.25) is 0 Å². The minimum Gasteiger partial charge on any atom is -0.508 e. The van der Waals surface area contributed by atoms with Gasteiger partial charge in [-0.15, -0.1) is 0 Å². The zero-order valence-corrected chi connectivity index (χ0v) is 13.9. The first kappa shape index (κ1) is 16.5. The number of hydrogen-bond acceptors (Lipinski definition) is 5. The Morgan fingerprint density at radius 2 is 1.00 bits per heavy atom. The predicted molar refractivity (Wildman–Crippen MR) is 94.2 cm³/mol. The molecule has 3 rings (SSSR count). The van der Waals surface area contributed by atoms with Gasteiger partial charge < -0.3 is 24.1 Å². The highest BCUT2D eigenvalue weighted by atomic mass is 16.5. The summed E-state index contributed by atoms with van der Waals surface area (Å²) in [6, 6.07) is 19.2. The Bertz CT molecular complexity index is 860. The predicted octanol–water partition coefficient (Wildman–Crippen LogP) is 4.99. The van der Waals surface area contributed by atoms with Crippen molar-refractivity contribution in [3.05, 3.63) is 66.7 Å². The number of hydrogen-bond donors (Lipinski definition) is 1. The summed E-state index contributed by atoms with van der Waals surface area (Å²) in [4.78, 5) is 0. The van der Waals surface area contributed by atoms with Crippen LogP contribution in [-0.2, 0) is 0 Å². The summed E-state index contributed by atoms with van der Waals surface area (Å²) in [6.07, 6.45) is 0. The Labute approximate surface area is 146 Å². The fraction of sp³-hybridized carbons (Fsp3) is 0.100. The molecule has 0 fully saturated rings.